The molecule has 0 amide bonds. The zero-order valence-electron chi connectivity index (χ0n) is 8.44. The molecule has 5 heteroatoms. The third kappa shape index (κ3) is 2.44. The van der Waals surface area contributed by atoms with Gasteiger partial charge in [0.25, 0.3) is 0 Å². The number of carbonyl (C=O) groups excluding carboxylic acids is 1. The van der Waals surface area contributed by atoms with Gasteiger partial charge in [-0.15, -0.1) is 0 Å². The van der Waals surface area contributed by atoms with Crippen molar-refractivity contribution in [2.45, 2.75) is 39.1 Å². The number of ether oxygens (including phenoxy) is 1. The number of esters is 1. The van der Waals surface area contributed by atoms with Crippen LogP contribution >= 0.6 is 0 Å². The van der Waals surface area contributed by atoms with E-state index in [0.717, 1.165) is 0 Å². The van der Waals surface area contributed by atoms with Gasteiger partial charge in [-0.3, -0.25) is 0 Å². The van der Waals surface area contributed by atoms with Crippen LogP contribution < -0.4 is 0 Å². The summed E-state index contributed by atoms with van der Waals surface area (Å²) in [5.41, 5.74) is 0. The minimum atomic E-state index is -1.32. The molecular formula is C9H13NO4. The van der Waals surface area contributed by atoms with E-state index in [-0.39, 0.29) is 18.4 Å². The fourth-order valence-electron chi connectivity index (χ4n) is 1.02. The Hall–Kier alpha value is -1.12. The summed E-state index contributed by atoms with van der Waals surface area (Å²) < 4.78 is 4.92. The van der Waals surface area contributed by atoms with E-state index in [1.165, 1.54) is 0 Å². The first-order chi connectivity index (χ1) is 6.50. The van der Waals surface area contributed by atoms with Gasteiger partial charge in [0.2, 0.25) is 0 Å². The molecule has 1 fully saturated rings. The molecule has 5 nitrogen and oxygen atoms in total. The van der Waals surface area contributed by atoms with Crippen LogP contribution in [0.4, 0.5) is 0 Å². The monoisotopic (exact) mass is 199 g/mol. The molecule has 1 rings (SSSR count). The van der Waals surface area contributed by atoms with E-state index in [4.69, 9.17) is 10.00 Å². The van der Waals surface area contributed by atoms with Crippen LogP contribution in [0.2, 0.25) is 0 Å². The number of hydrogen-bond donors (Lipinski definition) is 0. The van der Waals surface area contributed by atoms with E-state index in [9.17, 15) is 4.79 Å². The van der Waals surface area contributed by atoms with E-state index < -0.39 is 11.8 Å². The molecule has 0 aromatic rings. The lowest BCUT2D eigenvalue weighted by molar-refractivity contribution is -0.155. The van der Waals surface area contributed by atoms with Crippen molar-refractivity contribution < 1.29 is 19.3 Å². The highest BCUT2D eigenvalue weighted by Crippen LogP contribution is 2.37. The third-order valence-electron chi connectivity index (χ3n) is 1.73. The number of rotatable bonds is 4. The summed E-state index contributed by atoms with van der Waals surface area (Å²) in [6.45, 7) is 5.17. The first kappa shape index (κ1) is 11.0. The van der Waals surface area contributed by atoms with Crippen LogP contribution in [-0.2, 0) is 19.3 Å². The molecule has 1 atom stereocenters. The Labute approximate surface area is 82.5 Å². The zero-order chi connectivity index (χ0) is 10.8. The molecular weight excluding hydrogens is 186 g/mol. The van der Waals surface area contributed by atoms with Gasteiger partial charge in [-0.1, -0.05) is 0 Å². The summed E-state index contributed by atoms with van der Waals surface area (Å²) in [6.07, 6.45) is -0.0146. The quantitative estimate of drug-likeness (QED) is 0.385. The molecule has 1 unspecified atom stereocenters. The molecule has 78 valence electrons. The predicted molar refractivity (Wildman–Crippen MR) is 45.5 cm³/mol. The largest absolute Gasteiger partial charge is 0.459 e. The minimum Gasteiger partial charge on any atom is -0.459 e. The highest BCUT2D eigenvalue weighted by Gasteiger charge is 2.59. The summed E-state index contributed by atoms with van der Waals surface area (Å²) >= 11 is 0. The molecule has 1 heterocycles. The normalized spacial score (nSPS) is 19.9. The van der Waals surface area contributed by atoms with E-state index in [1.54, 1.807) is 20.8 Å². The van der Waals surface area contributed by atoms with Crippen LogP contribution in [-0.4, -0.2) is 17.9 Å². The van der Waals surface area contributed by atoms with E-state index in [1.807, 2.05) is 6.07 Å². The Morgan fingerprint density at radius 1 is 1.50 bits per heavy atom. The van der Waals surface area contributed by atoms with Crippen LogP contribution in [0.3, 0.4) is 0 Å². The number of nitrogens with zero attached hydrogens (tertiary/aromatic N) is 1. The van der Waals surface area contributed by atoms with Gasteiger partial charge in [-0.05, 0) is 20.8 Å². The lowest BCUT2D eigenvalue weighted by atomic mass is 10.0. The van der Waals surface area contributed by atoms with Gasteiger partial charge in [0.05, 0.1) is 12.2 Å². The lowest BCUT2D eigenvalue weighted by Crippen LogP contribution is -2.30. The Morgan fingerprint density at radius 2 is 2.07 bits per heavy atom. The van der Waals surface area contributed by atoms with Crippen molar-refractivity contribution >= 4 is 5.97 Å². The smallest absolute Gasteiger partial charge is 0.372 e. The minimum absolute atomic E-state index is 0.203. The zero-order valence-corrected chi connectivity index (χ0v) is 8.44. The van der Waals surface area contributed by atoms with E-state index in [0.29, 0.717) is 0 Å². The van der Waals surface area contributed by atoms with Crippen LogP contribution in [0.5, 0.6) is 0 Å². The van der Waals surface area contributed by atoms with Crippen LogP contribution in [0.25, 0.3) is 0 Å². The maximum Gasteiger partial charge on any atom is 0.372 e. The first-order valence-electron chi connectivity index (χ1n) is 4.47. The SMILES string of the molecule is CC(C#N)CC1(C(=O)OC(C)C)OO1. The van der Waals surface area contributed by atoms with Crippen LogP contribution in [0.15, 0.2) is 0 Å². The van der Waals surface area contributed by atoms with Crippen LogP contribution in [0, 0.1) is 17.2 Å². The maximum absolute atomic E-state index is 11.4. The van der Waals surface area contributed by atoms with Crippen molar-refractivity contribution in [2.75, 3.05) is 0 Å². The number of nitriles is 1. The highest BCUT2D eigenvalue weighted by molar-refractivity contribution is 5.79. The maximum atomic E-state index is 11.4. The first-order valence-corrected chi connectivity index (χ1v) is 4.47. The molecule has 1 aliphatic rings. The summed E-state index contributed by atoms with van der Waals surface area (Å²) in [6, 6.07) is 2.00. The van der Waals surface area contributed by atoms with Crippen molar-refractivity contribution in [3.63, 3.8) is 0 Å². The van der Waals surface area contributed by atoms with E-state index >= 15 is 0 Å². The van der Waals surface area contributed by atoms with Gasteiger partial charge in [-0.2, -0.15) is 15.0 Å². The Balaban J connectivity index is 2.50. The average Bonchev–Trinajstić information content (AvgIpc) is 2.84. The Kier molecular flexibility index (Phi) is 3.09. The highest BCUT2D eigenvalue weighted by atomic mass is 17.4. The van der Waals surface area contributed by atoms with Gasteiger partial charge in [0, 0.05) is 12.3 Å². The van der Waals surface area contributed by atoms with Crippen molar-refractivity contribution in [1.29, 1.82) is 5.26 Å². The van der Waals surface area contributed by atoms with Gasteiger partial charge < -0.3 is 4.74 Å². The molecule has 0 aromatic carbocycles. The second-order valence-electron chi connectivity index (χ2n) is 3.61. The molecule has 0 saturated carbocycles. The van der Waals surface area contributed by atoms with Gasteiger partial charge in [0.15, 0.2) is 0 Å². The molecule has 0 bridgehead atoms. The van der Waals surface area contributed by atoms with Crippen molar-refractivity contribution in [3.05, 3.63) is 0 Å². The van der Waals surface area contributed by atoms with Gasteiger partial charge in [0.1, 0.15) is 0 Å². The van der Waals surface area contributed by atoms with Crippen molar-refractivity contribution in [1.82, 2.24) is 0 Å². The molecule has 1 aliphatic heterocycles. The van der Waals surface area contributed by atoms with Gasteiger partial charge in [-0.25, -0.2) is 4.79 Å². The third-order valence-corrected chi connectivity index (χ3v) is 1.73. The summed E-state index contributed by atoms with van der Waals surface area (Å²) in [4.78, 5) is 20.6. The fraction of sp³-hybridized carbons (Fsp3) is 0.778. The van der Waals surface area contributed by atoms with Crippen LogP contribution in [0.1, 0.15) is 27.2 Å². The van der Waals surface area contributed by atoms with Crippen molar-refractivity contribution in [2.24, 2.45) is 5.92 Å². The van der Waals surface area contributed by atoms with E-state index in [2.05, 4.69) is 9.78 Å². The topological polar surface area (TPSA) is 75.2 Å². The molecule has 0 radical (unpaired) electrons. The molecule has 0 aromatic heterocycles. The second kappa shape index (κ2) is 3.95. The standard InChI is InChI=1S/C9H13NO4/c1-6(2)12-8(11)9(13-14-9)4-7(3)5-10/h6-7H,4H2,1-3H3. The predicted octanol–water partition coefficient (Wildman–Crippen LogP) is 1.15. The molecule has 14 heavy (non-hydrogen) atoms. The lowest BCUT2D eigenvalue weighted by Gasteiger charge is -2.11. The number of hydrogen-bond acceptors (Lipinski definition) is 5. The average molecular weight is 199 g/mol. The second-order valence-corrected chi connectivity index (χ2v) is 3.61. The molecule has 0 N–H and O–H groups in total. The summed E-state index contributed by atoms with van der Waals surface area (Å²) in [5, 5.41) is 8.58. The molecule has 0 aliphatic carbocycles. The fourth-order valence-corrected chi connectivity index (χ4v) is 1.02. The summed E-state index contributed by atoms with van der Waals surface area (Å²) in [7, 11) is 0. The Morgan fingerprint density at radius 3 is 2.43 bits per heavy atom. The number of carbonyl (C=O) groups is 1. The van der Waals surface area contributed by atoms with Gasteiger partial charge >= 0.3 is 11.8 Å². The summed E-state index contributed by atoms with van der Waals surface area (Å²) in [5.74, 6) is -2.19. The Bertz CT molecular complexity index is 264. The van der Waals surface area contributed by atoms with Crippen molar-refractivity contribution in [3.8, 4) is 6.07 Å². The molecule has 1 saturated heterocycles. The molecule has 0 spiro atoms.